The molecule has 1 aromatic carbocycles. The lowest BCUT2D eigenvalue weighted by atomic mass is 10.2. The second-order valence-corrected chi connectivity index (χ2v) is 4.75. The summed E-state index contributed by atoms with van der Waals surface area (Å²) in [5, 5.41) is 3.66. The van der Waals surface area contributed by atoms with Gasteiger partial charge in [0.1, 0.15) is 5.58 Å². The lowest BCUT2D eigenvalue weighted by Gasteiger charge is -2.09. The van der Waals surface area contributed by atoms with Gasteiger partial charge in [0.05, 0.1) is 6.10 Å². The highest BCUT2D eigenvalue weighted by atomic mass is 16.5. The fraction of sp³-hybridized carbons (Fsp3) is 0.357. The maximum absolute atomic E-state index is 12.0. The first-order chi connectivity index (χ1) is 9.22. The second-order valence-electron chi connectivity index (χ2n) is 4.75. The van der Waals surface area contributed by atoms with Crippen LogP contribution in [-0.4, -0.2) is 25.2 Å². The molecule has 0 radical (unpaired) electrons. The monoisotopic (exact) mass is 260 g/mol. The molecule has 1 aliphatic rings. The minimum absolute atomic E-state index is 0.129. The van der Waals surface area contributed by atoms with Crippen molar-refractivity contribution in [1.82, 2.24) is 5.32 Å². The predicted molar refractivity (Wildman–Crippen MR) is 71.9 cm³/mol. The number of hydrogen-bond acceptors (Lipinski definition) is 4. The van der Waals surface area contributed by atoms with Gasteiger partial charge in [0.2, 0.25) is 0 Å². The van der Waals surface area contributed by atoms with Crippen LogP contribution < -0.4 is 11.1 Å². The van der Waals surface area contributed by atoms with Gasteiger partial charge in [0.25, 0.3) is 5.91 Å². The van der Waals surface area contributed by atoms with Crippen molar-refractivity contribution in [3.63, 3.8) is 0 Å². The molecule has 1 atom stereocenters. The summed E-state index contributed by atoms with van der Waals surface area (Å²) in [7, 11) is 0. The van der Waals surface area contributed by atoms with Gasteiger partial charge in [-0.2, -0.15) is 0 Å². The van der Waals surface area contributed by atoms with E-state index < -0.39 is 0 Å². The molecule has 1 aliphatic heterocycles. The first-order valence-electron chi connectivity index (χ1n) is 6.41. The van der Waals surface area contributed by atoms with Crippen LogP contribution in [0.25, 0.3) is 11.0 Å². The van der Waals surface area contributed by atoms with Crippen LogP contribution in [0.15, 0.2) is 28.7 Å². The molecule has 1 amide bonds. The van der Waals surface area contributed by atoms with Gasteiger partial charge in [-0.3, -0.25) is 4.79 Å². The number of ether oxygens (including phenoxy) is 1. The van der Waals surface area contributed by atoms with Crippen molar-refractivity contribution in [3.05, 3.63) is 30.0 Å². The van der Waals surface area contributed by atoms with Crippen LogP contribution in [0.2, 0.25) is 0 Å². The van der Waals surface area contributed by atoms with Gasteiger partial charge in [-0.05, 0) is 37.1 Å². The van der Waals surface area contributed by atoms with E-state index in [0.29, 0.717) is 23.6 Å². The summed E-state index contributed by atoms with van der Waals surface area (Å²) in [5.74, 6) is 0.0869. The summed E-state index contributed by atoms with van der Waals surface area (Å²) >= 11 is 0. The normalized spacial score (nSPS) is 18.8. The molecule has 2 heterocycles. The number of furan rings is 1. The van der Waals surface area contributed by atoms with E-state index in [1.54, 1.807) is 24.3 Å². The Morgan fingerprint density at radius 2 is 2.32 bits per heavy atom. The number of fused-ring (bicyclic) bond motifs is 1. The summed E-state index contributed by atoms with van der Waals surface area (Å²) in [4.78, 5) is 12.0. The number of amides is 1. The summed E-state index contributed by atoms with van der Waals surface area (Å²) in [6, 6.07) is 7.01. The Balaban J connectivity index is 1.70. The van der Waals surface area contributed by atoms with Crippen molar-refractivity contribution in [2.24, 2.45) is 0 Å². The van der Waals surface area contributed by atoms with Crippen molar-refractivity contribution in [1.29, 1.82) is 0 Å². The highest BCUT2D eigenvalue weighted by Crippen LogP contribution is 2.21. The maximum Gasteiger partial charge on any atom is 0.287 e. The van der Waals surface area contributed by atoms with Gasteiger partial charge in [-0.1, -0.05) is 0 Å². The summed E-state index contributed by atoms with van der Waals surface area (Å²) < 4.78 is 10.9. The predicted octanol–water partition coefficient (Wildman–Crippen LogP) is 1.92. The standard InChI is InChI=1S/C14H16N2O3/c15-10-3-4-12-9(6-10)7-13(19-12)14(17)16-8-11-2-1-5-18-11/h3-4,6-7,11H,1-2,5,8,15H2,(H,16,17). The summed E-state index contributed by atoms with van der Waals surface area (Å²) in [5.41, 5.74) is 7.01. The van der Waals surface area contributed by atoms with Crippen LogP contribution in [0, 0.1) is 0 Å². The molecule has 0 aliphatic carbocycles. The first-order valence-corrected chi connectivity index (χ1v) is 6.41. The van der Waals surface area contributed by atoms with Gasteiger partial charge in [0, 0.05) is 24.2 Å². The van der Waals surface area contributed by atoms with Crippen LogP contribution >= 0.6 is 0 Å². The fourth-order valence-electron chi connectivity index (χ4n) is 2.27. The molecule has 5 nitrogen and oxygen atoms in total. The van der Waals surface area contributed by atoms with E-state index in [4.69, 9.17) is 14.9 Å². The average molecular weight is 260 g/mol. The molecule has 3 N–H and O–H groups in total. The second kappa shape index (κ2) is 4.93. The largest absolute Gasteiger partial charge is 0.451 e. The van der Waals surface area contributed by atoms with E-state index in [2.05, 4.69) is 5.32 Å². The molecule has 1 unspecified atom stereocenters. The average Bonchev–Trinajstić information content (AvgIpc) is 3.04. The van der Waals surface area contributed by atoms with Crippen LogP contribution in [0.3, 0.4) is 0 Å². The molecule has 3 rings (SSSR count). The van der Waals surface area contributed by atoms with E-state index >= 15 is 0 Å². The zero-order chi connectivity index (χ0) is 13.2. The SMILES string of the molecule is Nc1ccc2oc(C(=O)NCC3CCCO3)cc2c1. The number of benzene rings is 1. The number of nitrogen functional groups attached to an aromatic ring is 1. The molecule has 0 saturated carbocycles. The van der Waals surface area contributed by atoms with Gasteiger partial charge in [-0.15, -0.1) is 0 Å². The number of nitrogens with one attached hydrogen (secondary N) is 1. The lowest BCUT2D eigenvalue weighted by molar-refractivity contribution is 0.0837. The third-order valence-electron chi connectivity index (χ3n) is 3.28. The molecule has 0 bridgehead atoms. The molecule has 1 saturated heterocycles. The Kier molecular flexibility index (Phi) is 3.13. The Labute approximate surface area is 110 Å². The summed E-state index contributed by atoms with van der Waals surface area (Å²) in [6.07, 6.45) is 2.19. The Morgan fingerprint density at radius 1 is 1.42 bits per heavy atom. The fourth-order valence-corrected chi connectivity index (χ4v) is 2.27. The molecule has 1 fully saturated rings. The minimum atomic E-state index is -0.217. The molecule has 1 aromatic heterocycles. The topological polar surface area (TPSA) is 77.5 Å². The van der Waals surface area contributed by atoms with E-state index in [1.807, 2.05) is 0 Å². The molecule has 0 spiro atoms. The molecular formula is C14H16N2O3. The van der Waals surface area contributed by atoms with Crippen molar-refractivity contribution >= 4 is 22.6 Å². The number of nitrogens with two attached hydrogens (primary N) is 1. The number of hydrogen-bond donors (Lipinski definition) is 2. The zero-order valence-electron chi connectivity index (χ0n) is 10.5. The molecule has 2 aromatic rings. The molecule has 100 valence electrons. The number of carbonyl (C=O) groups is 1. The van der Waals surface area contributed by atoms with Crippen LogP contribution in [0.5, 0.6) is 0 Å². The van der Waals surface area contributed by atoms with E-state index in [-0.39, 0.29) is 12.0 Å². The van der Waals surface area contributed by atoms with Crippen LogP contribution in [0.1, 0.15) is 23.4 Å². The van der Waals surface area contributed by atoms with Gasteiger partial charge in [-0.25, -0.2) is 0 Å². The van der Waals surface area contributed by atoms with E-state index in [1.165, 1.54) is 0 Å². The van der Waals surface area contributed by atoms with E-state index in [9.17, 15) is 4.79 Å². The molecular weight excluding hydrogens is 244 g/mol. The first kappa shape index (κ1) is 12.0. The van der Waals surface area contributed by atoms with Crippen LogP contribution in [-0.2, 0) is 4.74 Å². The van der Waals surface area contributed by atoms with Gasteiger partial charge < -0.3 is 20.2 Å². The van der Waals surface area contributed by atoms with Crippen molar-refractivity contribution in [3.8, 4) is 0 Å². The molecule has 19 heavy (non-hydrogen) atoms. The quantitative estimate of drug-likeness (QED) is 0.826. The Morgan fingerprint density at radius 3 is 3.11 bits per heavy atom. The van der Waals surface area contributed by atoms with Crippen LogP contribution in [0.4, 0.5) is 5.69 Å². The molecule has 5 heteroatoms. The highest BCUT2D eigenvalue weighted by molar-refractivity contribution is 5.96. The lowest BCUT2D eigenvalue weighted by Crippen LogP contribution is -2.31. The smallest absolute Gasteiger partial charge is 0.287 e. The van der Waals surface area contributed by atoms with Crippen molar-refractivity contribution in [2.75, 3.05) is 18.9 Å². The Bertz CT molecular complexity index is 600. The zero-order valence-corrected chi connectivity index (χ0v) is 10.5. The third kappa shape index (κ3) is 2.56. The third-order valence-corrected chi connectivity index (χ3v) is 3.28. The van der Waals surface area contributed by atoms with Crippen molar-refractivity contribution in [2.45, 2.75) is 18.9 Å². The van der Waals surface area contributed by atoms with Crippen molar-refractivity contribution < 1.29 is 13.9 Å². The van der Waals surface area contributed by atoms with Gasteiger partial charge >= 0.3 is 0 Å². The highest BCUT2D eigenvalue weighted by Gasteiger charge is 2.18. The number of anilines is 1. The maximum atomic E-state index is 12.0. The van der Waals surface area contributed by atoms with E-state index in [0.717, 1.165) is 24.8 Å². The minimum Gasteiger partial charge on any atom is -0.451 e. The van der Waals surface area contributed by atoms with Gasteiger partial charge in [0.15, 0.2) is 5.76 Å². The summed E-state index contributed by atoms with van der Waals surface area (Å²) in [6.45, 7) is 1.31. The Hall–Kier alpha value is -2.01. The number of rotatable bonds is 3. The number of carbonyl (C=O) groups excluding carboxylic acids is 1.